The van der Waals surface area contributed by atoms with Crippen molar-refractivity contribution in [3.05, 3.63) is 11.1 Å². The number of hydrogen-bond acceptors (Lipinski definition) is 6. The largest absolute Gasteiger partial charge is 0.301 e. The predicted molar refractivity (Wildman–Crippen MR) is 67.3 cm³/mol. The Morgan fingerprint density at radius 3 is 3.06 bits per heavy atom. The SMILES string of the molecule is CC1CN(Cc2cnc(NN)s2)CCN1C. The van der Waals surface area contributed by atoms with E-state index in [1.165, 1.54) is 4.88 Å². The van der Waals surface area contributed by atoms with Gasteiger partial charge in [0.15, 0.2) is 5.13 Å². The zero-order valence-corrected chi connectivity index (χ0v) is 10.6. The fourth-order valence-corrected chi connectivity index (χ4v) is 2.70. The highest BCUT2D eigenvalue weighted by molar-refractivity contribution is 7.15. The van der Waals surface area contributed by atoms with Gasteiger partial charge in [0.2, 0.25) is 0 Å². The molecule has 16 heavy (non-hydrogen) atoms. The second-order valence-corrected chi connectivity index (χ2v) is 5.46. The Morgan fingerprint density at radius 1 is 1.62 bits per heavy atom. The number of nitrogens with zero attached hydrogens (tertiary/aromatic N) is 3. The molecule has 1 aliphatic rings. The molecular weight excluding hydrogens is 222 g/mol. The van der Waals surface area contributed by atoms with Gasteiger partial charge in [-0.1, -0.05) is 11.3 Å². The highest BCUT2D eigenvalue weighted by Crippen LogP contribution is 2.19. The molecule has 1 fully saturated rings. The smallest absolute Gasteiger partial charge is 0.197 e. The Morgan fingerprint density at radius 2 is 2.44 bits per heavy atom. The molecule has 0 radical (unpaired) electrons. The minimum absolute atomic E-state index is 0.633. The Labute approximate surface area is 100 Å². The number of nitrogen functional groups attached to an aromatic ring is 1. The van der Waals surface area contributed by atoms with Gasteiger partial charge in [0.1, 0.15) is 0 Å². The third kappa shape index (κ3) is 2.70. The van der Waals surface area contributed by atoms with E-state index in [1.807, 2.05) is 6.20 Å². The molecule has 1 saturated heterocycles. The lowest BCUT2D eigenvalue weighted by Crippen LogP contribution is -2.49. The van der Waals surface area contributed by atoms with Crippen molar-refractivity contribution in [1.29, 1.82) is 0 Å². The summed E-state index contributed by atoms with van der Waals surface area (Å²) in [6.07, 6.45) is 1.91. The Balaban J connectivity index is 1.90. The maximum Gasteiger partial charge on any atom is 0.197 e. The van der Waals surface area contributed by atoms with Crippen molar-refractivity contribution >= 4 is 16.5 Å². The lowest BCUT2D eigenvalue weighted by atomic mass is 10.2. The summed E-state index contributed by atoms with van der Waals surface area (Å²) in [5.74, 6) is 5.31. The van der Waals surface area contributed by atoms with Gasteiger partial charge >= 0.3 is 0 Å². The maximum absolute atomic E-state index is 5.31. The third-order valence-electron chi connectivity index (χ3n) is 3.10. The van der Waals surface area contributed by atoms with Crippen LogP contribution in [-0.4, -0.2) is 47.5 Å². The minimum Gasteiger partial charge on any atom is -0.301 e. The fraction of sp³-hybridized carbons (Fsp3) is 0.700. The third-order valence-corrected chi connectivity index (χ3v) is 4.01. The van der Waals surface area contributed by atoms with E-state index in [-0.39, 0.29) is 0 Å². The zero-order valence-electron chi connectivity index (χ0n) is 9.81. The van der Waals surface area contributed by atoms with Crippen LogP contribution in [0.5, 0.6) is 0 Å². The van der Waals surface area contributed by atoms with Gasteiger partial charge < -0.3 is 4.90 Å². The van der Waals surface area contributed by atoms with E-state index in [0.717, 1.165) is 31.3 Å². The molecule has 0 aromatic carbocycles. The lowest BCUT2D eigenvalue weighted by molar-refractivity contribution is 0.101. The summed E-state index contributed by atoms with van der Waals surface area (Å²) in [6.45, 7) is 6.65. The average Bonchev–Trinajstić information content (AvgIpc) is 2.71. The molecule has 1 atom stereocenters. The number of rotatable bonds is 3. The monoisotopic (exact) mass is 241 g/mol. The number of nitrogens with one attached hydrogen (secondary N) is 1. The van der Waals surface area contributed by atoms with Gasteiger partial charge in [0, 0.05) is 43.3 Å². The summed E-state index contributed by atoms with van der Waals surface area (Å²) < 4.78 is 0. The van der Waals surface area contributed by atoms with Crippen molar-refractivity contribution < 1.29 is 0 Å². The quantitative estimate of drug-likeness (QED) is 0.598. The number of anilines is 1. The first-order chi connectivity index (χ1) is 7.69. The van der Waals surface area contributed by atoms with Crippen LogP contribution in [0.4, 0.5) is 5.13 Å². The van der Waals surface area contributed by atoms with Crippen molar-refractivity contribution in [3.8, 4) is 0 Å². The van der Waals surface area contributed by atoms with Crippen molar-refractivity contribution in [2.24, 2.45) is 5.84 Å². The summed E-state index contributed by atoms with van der Waals surface area (Å²) >= 11 is 1.63. The molecule has 90 valence electrons. The molecule has 0 spiro atoms. The standard InChI is InChI=1S/C10H19N5S/c1-8-6-15(4-3-14(8)2)7-9-5-12-10(13-11)16-9/h5,8H,3-4,6-7,11H2,1-2H3,(H,12,13). The highest BCUT2D eigenvalue weighted by atomic mass is 32.1. The molecule has 1 unspecified atom stereocenters. The van der Waals surface area contributed by atoms with E-state index in [9.17, 15) is 0 Å². The molecule has 1 aromatic heterocycles. The fourth-order valence-electron chi connectivity index (χ4n) is 1.94. The summed E-state index contributed by atoms with van der Waals surface area (Å²) in [5.41, 5.74) is 2.58. The lowest BCUT2D eigenvalue weighted by Gasteiger charge is -2.37. The van der Waals surface area contributed by atoms with Crippen LogP contribution in [0.2, 0.25) is 0 Å². The van der Waals surface area contributed by atoms with Crippen LogP contribution >= 0.6 is 11.3 Å². The first-order valence-corrected chi connectivity index (χ1v) is 6.34. The van der Waals surface area contributed by atoms with E-state index in [4.69, 9.17) is 5.84 Å². The van der Waals surface area contributed by atoms with Gasteiger partial charge in [0.25, 0.3) is 0 Å². The summed E-state index contributed by atoms with van der Waals surface area (Å²) in [4.78, 5) is 10.3. The van der Waals surface area contributed by atoms with E-state index in [1.54, 1.807) is 11.3 Å². The number of likely N-dealkylation sites (N-methyl/N-ethyl adjacent to an activating group) is 1. The number of aromatic nitrogens is 1. The van der Waals surface area contributed by atoms with Gasteiger partial charge in [0.05, 0.1) is 0 Å². The van der Waals surface area contributed by atoms with Gasteiger partial charge in [-0.25, -0.2) is 10.8 Å². The molecule has 0 bridgehead atoms. The number of hydrazine groups is 1. The molecule has 0 aliphatic carbocycles. The van der Waals surface area contributed by atoms with Crippen LogP contribution in [0.25, 0.3) is 0 Å². The molecule has 5 nitrogen and oxygen atoms in total. The Hall–Kier alpha value is -0.690. The molecule has 0 saturated carbocycles. The normalized spacial score (nSPS) is 23.6. The minimum atomic E-state index is 0.633. The number of hydrogen-bond donors (Lipinski definition) is 2. The summed E-state index contributed by atoms with van der Waals surface area (Å²) in [5, 5.41) is 0.789. The van der Waals surface area contributed by atoms with Gasteiger partial charge in [-0.05, 0) is 14.0 Å². The molecule has 1 aromatic rings. The summed E-state index contributed by atoms with van der Waals surface area (Å²) in [7, 11) is 2.19. The maximum atomic E-state index is 5.31. The van der Waals surface area contributed by atoms with Crippen molar-refractivity contribution in [1.82, 2.24) is 14.8 Å². The number of thiazole rings is 1. The topological polar surface area (TPSA) is 57.4 Å². The summed E-state index contributed by atoms with van der Waals surface area (Å²) in [6, 6.07) is 0.633. The molecule has 0 amide bonds. The molecule has 3 N–H and O–H groups in total. The first kappa shape index (κ1) is 11.8. The van der Waals surface area contributed by atoms with E-state index in [0.29, 0.717) is 6.04 Å². The van der Waals surface area contributed by atoms with Crippen LogP contribution < -0.4 is 11.3 Å². The van der Waals surface area contributed by atoms with Crippen LogP contribution in [0.15, 0.2) is 6.20 Å². The van der Waals surface area contributed by atoms with Crippen molar-refractivity contribution in [3.63, 3.8) is 0 Å². The van der Waals surface area contributed by atoms with Gasteiger partial charge in [-0.15, -0.1) is 0 Å². The van der Waals surface area contributed by atoms with Crippen LogP contribution in [0.1, 0.15) is 11.8 Å². The number of piperazine rings is 1. The number of nitrogens with two attached hydrogens (primary N) is 1. The highest BCUT2D eigenvalue weighted by Gasteiger charge is 2.20. The van der Waals surface area contributed by atoms with E-state index in [2.05, 4.69) is 34.2 Å². The first-order valence-electron chi connectivity index (χ1n) is 5.53. The zero-order chi connectivity index (χ0) is 11.5. The van der Waals surface area contributed by atoms with Crippen LogP contribution in [0, 0.1) is 0 Å². The molecular formula is C10H19N5S. The van der Waals surface area contributed by atoms with Crippen molar-refractivity contribution in [2.45, 2.75) is 19.5 Å². The Bertz CT molecular complexity index is 340. The van der Waals surface area contributed by atoms with Gasteiger partial charge in [-0.2, -0.15) is 0 Å². The molecule has 2 heterocycles. The van der Waals surface area contributed by atoms with Gasteiger partial charge in [-0.3, -0.25) is 10.3 Å². The van der Waals surface area contributed by atoms with E-state index >= 15 is 0 Å². The molecule has 1 aliphatic heterocycles. The molecule has 2 rings (SSSR count). The van der Waals surface area contributed by atoms with E-state index < -0.39 is 0 Å². The van der Waals surface area contributed by atoms with Crippen LogP contribution in [0.3, 0.4) is 0 Å². The second kappa shape index (κ2) is 5.09. The predicted octanol–water partition coefficient (Wildman–Crippen LogP) is 0.565. The van der Waals surface area contributed by atoms with Crippen LogP contribution in [-0.2, 0) is 6.54 Å². The Kier molecular flexibility index (Phi) is 3.75. The second-order valence-electron chi connectivity index (χ2n) is 4.34. The average molecular weight is 241 g/mol. The van der Waals surface area contributed by atoms with Crippen molar-refractivity contribution in [2.75, 3.05) is 32.1 Å². The molecule has 6 heteroatoms.